The second-order valence-electron chi connectivity index (χ2n) is 11.1. The van der Waals surface area contributed by atoms with Gasteiger partial charge in [0.15, 0.2) is 23.8 Å². The number of amides is 2. The van der Waals surface area contributed by atoms with Crippen LogP contribution in [0.2, 0.25) is 0 Å². The molecule has 2 N–H and O–H groups in total. The SMILES string of the molecule is CCCCCCCCCCCC1=[N+](Cc2ccc(NC(=O)OCC)c(NC(=O)OCC)c2)CCc2cc(OC)c(OC)cc21.[Cl-]. The van der Waals surface area contributed by atoms with Crippen LogP contribution in [0.3, 0.4) is 0 Å². The predicted octanol–water partition coefficient (Wildman–Crippen LogP) is 5.32. The minimum Gasteiger partial charge on any atom is -1.00 e. The summed E-state index contributed by atoms with van der Waals surface area (Å²) in [6.45, 7) is 7.74. The fourth-order valence-corrected chi connectivity index (χ4v) is 5.70. The van der Waals surface area contributed by atoms with E-state index in [1.54, 1.807) is 34.1 Å². The standard InChI is InChI=1S/C35H51N3O6.ClH/c1-6-9-10-11-12-13-14-15-16-17-31-28-24-33(42-5)32(41-4)23-27(28)20-21-38(31)25-26-18-19-29(36-34(39)43-7-2)30(22-26)37-35(40)44-8-3;/h18-19,22-24H,6-17,20-21,25H2,1-5H3,(H-,36,37,39,40);1H. The molecule has 0 atom stereocenters. The smallest absolute Gasteiger partial charge is 0.411 e. The summed E-state index contributed by atoms with van der Waals surface area (Å²) in [6.07, 6.45) is 12.2. The van der Waals surface area contributed by atoms with E-state index < -0.39 is 12.2 Å². The fourth-order valence-electron chi connectivity index (χ4n) is 5.70. The number of methoxy groups -OCH3 is 2. The number of nitrogens with one attached hydrogen (secondary N) is 2. The van der Waals surface area contributed by atoms with E-state index in [1.165, 1.54) is 68.2 Å². The van der Waals surface area contributed by atoms with E-state index >= 15 is 0 Å². The molecule has 0 spiro atoms. The van der Waals surface area contributed by atoms with Crippen LogP contribution in [0.15, 0.2) is 30.3 Å². The summed E-state index contributed by atoms with van der Waals surface area (Å²) < 4.78 is 23.9. The van der Waals surface area contributed by atoms with E-state index in [4.69, 9.17) is 18.9 Å². The molecule has 10 heteroatoms. The molecule has 1 heterocycles. The first-order valence-corrected chi connectivity index (χ1v) is 16.3. The van der Waals surface area contributed by atoms with Crippen molar-refractivity contribution in [3.8, 4) is 11.5 Å². The summed E-state index contributed by atoms with van der Waals surface area (Å²) in [4.78, 5) is 24.5. The van der Waals surface area contributed by atoms with Gasteiger partial charge in [-0.15, -0.1) is 0 Å². The van der Waals surface area contributed by atoms with Gasteiger partial charge in [-0.05, 0) is 50.1 Å². The zero-order chi connectivity index (χ0) is 31.7. The third kappa shape index (κ3) is 11.8. The Kier molecular flexibility index (Phi) is 17.2. The van der Waals surface area contributed by atoms with E-state index in [0.717, 1.165) is 42.9 Å². The third-order valence-electron chi connectivity index (χ3n) is 7.95. The second kappa shape index (κ2) is 20.5. The number of carbonyl (C=O) groups is 2. The highest BCUT2D eigenvalue weighted by Gasteiger charge is 2.28. The highest BCUT2D eigenvalue weighted by molar-refractivity contribution is 5.99. The lowest BCUT2D eigenvalue weighted by atomic mass is 9.92. The zero-order valence-corrected chi connectivity index (χ0v) is 28.5. The molecule has 1 aliphatic heterocycles. The number of carbonyl (C=O) groups excluding carboxylic acids is 2. The molecule has 0 saturated carbocycles. The third-order valence-corrected chi connectivity index (χ3v) is 7.95. The lowest BCUT2D eigenvalue weighted by molar-refractivity contribution is -0.545. The summed E-state index contributed by atoms with van der Waals surface area (Å²) in [5, 5.41) is 5.49. The number of rotatable bonds is 18. The minimum absolute atomic E-state index is 0. The molecule has 45 heavy (non-hydrogen) atoms. The largest absolute Gasteiger partial charge is 1.00 e. The first-order chi connectivity index (χ1) is 21.4. The monoisotopic (exact) mass is 645 g/mol. The number of fused-ring (bicyclic) bond motifs is 1. The van der Waals surface area contributed by atoms with Crippen LogP contribution in [0, 0.1) is 0 Å². The number of nitrogens with zero attached hydrogens (tertiary/aromatic N) is 1. The molecule has 0 saturated heterocycles. The first-order valence-electron chi connectivity index (χ1n) is 16.3. The minimum atomic E-state index is -0.583. The summed E-state index contributed by atoms with van der Waals surface area (Å²) in [7, 11) is 3.35. The molecule has 2 aromatic rings. The van der Waals surface area contributed by atoms with Crippen LogP contribution in [0.1, 0.15) is 102 Å². The summed E-state index contributed by atoms with van der Waals surface area (Å²) in [5.74, 6) is 1.48. The molecule has 0 unspecified atom stereocenters. The highest BCUT2D eigenvalue weighted by Crippen LogP contribution is 2.34. The first kappa shape index (κ1) is 37.7. The van der Waals surface area contributed by atoms with Crippen LogP contribution in [0.5, 0.6) is 11.5 Å². The Labute approximate surface area is 275 Å². The van der Waals surface area contributed by atoms with Crippen molar-refractivity contribution in [2.75, 3.05) is 44.6 Å². The maximum atomic E-state index is 12.3. The van der Waals surface area contributed by atoms with Crippen molar-refractivity contribution >= 4 is 29.3 Å². The second-order valence-corrected chi connectivity index (χ2v) is 11.1. The molecule has 2 amide bonds. The summed E-state index contributed by atoms with van der Waals surface area (Å²) >= 11 is 0. The summed E-state index contributed by atoms with van der Waals surface area (Å²) in [6, 6.07) is 9.87. The van der Waals surface area contributed by atoms with Gasteiger partial charge in [0, 0.05) is 24.0 Å². The Bertz CT molecular complexity index is 1270. The Morgan fingerprint density at radius 2 is 1.33 bits per heavy atom. The fraction of sp³-hybridized carbons (Fsp3) is 0.571. The van der Waals surface area contributed by atoms with Crippen molar-refractivity contribution in [2.45, 2.75) is 97.9 Å². The Hall–Kier alpha value is -3.46. The van der Waals surface area contributed by atoms with Crippen molar-refractivity contribution in [2.24, 2.45) is 0 Å². The van der Waals surface area contributed by atoms with Crippen molar-refractivity contribution in [3.63, 3.8) is 0 Å². The van der Waals surface area contributed by atoms with Gasteiger partial charge < -0.3 is 31.4 Å². The molecule has 2 aromatic carbocycles. The Balaban J connectivity index is 0.00000705. The molecule has 0 aliphatic carbocycles. The summed E-state index contributed by atoms with van der Waals surface area (Å²) in [5.41, 5.74) is 5.67. The van der Waals surface area contributed by atoms with Crippen LogP contribution in [0.25, 0.3) is 0 Å². The topological polar surface area (TPSA) is 98.1 Å². The maximum Gasteiger partial charge on any atom is 0.411 e. The number of ether oxygens (including phenoxy) is 4. The van der Waals surface area contributed by atoms with Crippen LogP contribution in [0.4, 0.5) is 21.0 Å². The van der Waals surface area contributed by atoms with E-state index in [2.05, 4.69) is 34.3 Å². The molecule has 9 nitrogen and oxygen atoms in total. The molecular formula is C35H52ClN3O6. The lowest BCUT2D eigenvalue weighted by Gasteiger charge is -2.21. The predicted molar refractivity (Wildman–Crippen MR) is 176 cm³/mol. The molecule has 250 valence electrons. The van der Waals surface area contributed by atoms with Gasteiger partial charge in [-0.1, -0.05) is 64.4 Å². The number of anilines is 2. The molecule has 0 bridgehead atoms. The number of unbranched alkanes of at least 4 members (excludes halogenated alkanes) is 8. The van der Waals surface area contributed by atoms with E-state index in [-0.39, 0.29) is 25.6 Å². The van der Waals surface area contributed by atoms with Crippen molar-refractivity contribution < 1.29 is 45.5 Å². The quantitative estimate of drug-likeness (QED) is 0.168. The average molecular weight is 646 g/mol. The van der Waals surface area contributed by atoms with Crippen molar-refractivity contribution in [1.29, 1.82) is 0 Å². The van der Waals surface area contributed by atoms with Gasteiger partial charge in [0.2, 0.25) is 0 Å². The Morgan fingerprint density at radius 1 is 0.756 bits per heavy atom. The maximum absolute atomic E-state index is 12.3. The normalized spacial score (nSPS) is 12.1. The van der Waals surface area contributed by atoms with Crippen molar-refractivity contribution in [1.82, 2.24) is 0 Å². The van der Waals surface area contributed by atoms with E-state index in [9.17, 15) is 9.59 Å². The van der Waals surface area contributed by atoms with Gasteiger partial charge in [-0.2, -0.15) is 0 Å². The van der Waals surface area contributed by atoms with Crippen LogP contribution < -0.4 is 32.5 Å². The van der Waals surface area contributed by atoms with Gasteiger partial charge in [-0.25, -0.2) is 14.2 Å². The molecule has 0 radical (unpaired) electrons. The van der Waals surface area contributed by atoms with Crippen LogP contribution in [-0.4, -0.2) is 56.5 Å². The van der Waals surface area contributed by atoms with Crippen LogP contribution >= 0.6 is 0 Å². The van der Waals surface area contributed by atoms with E-state index in [1.807, 2.05) is 12.1 Å². The van der Waals surface area contributed by atoms with Gasteiger partial charge in [-0.3, -0.25) is 10.6 Å². The van der Waals surface area contributed by atoms with E-state index in [0.29, 0.717) is 17.9 Å². The van der Waals surface area contributed by atoms with Crippen molar-refractivity contribution in [3.05, 3.63) is 47.0 Å². The molecule has 1 aliphatic rings. The Morgan fingerprint density at radius 3 is 1.93 bits per heavy atom. The molecular weight excluding hydrogens is 594 g/mol. The van der Waals surface area contributed by atoms with Crippen LogP contribution in [-0.2, 0) is 22.4 Å². The molecule has 3 rings (SSSR count). The van der Waals surface area contributed by atoms with Gasteiger partial charge in [0.25, 0.3) is 0 Å². The van der Waals surface area contributed by atoms with Gasteiger partial charge in [0.1, 0.15) is 6.54 Å². The molecule has 0 fully saturated rings. The lowest BCUT2D eigenvalue weighted by Crippen LogP contribution is -3.00. The average Bonchev–Trinajstić information content (AvgIpc) is 3.01. The van der Waals surface area contributed by atoms with Gasteiger partial charge in [0.05, 0.1) is 38.8 Å². The number of halogens is 1. The number of benzene rings is 2. The number of hydrogen-bond acceptors (Lipinski definition) is 6. The van der Waals surface area contributed by atoms with Gasteiger partial charge >= 0.3 is 12.2 Å². The molecule has 0 aromatic heterocycles. The zero-order valence-electron chi connectivity index (χ0n) is 27.8. The highest BCUT2D eigenvalue weighted by atomic mass is 35.5. The number of hydrogen-bond donors (Lipinski definition) is 2.